The second-order valence-electron chi connectivity index (χ2n) is 6.30. The molecule has 4 rings (SSSR count). The Kier molecular flexibility index (Phi) is 4.28. The molecule has 0 spiro atoms. The molecule has 0 fully saturated rings. The topological polar surface area (TPSA) is 57.2 Å². The number of nitrogens with one attached hydrogen (secondary N) is 2. The van der Waals surface area contributed by atoms with Crippen LogP contribution in [0, 0.1) is 0 Å². The van der Waals surface area contributed by atoms with Crippen LogP contribution in [0.25, 0.3) is 10.9 Å². The van der Waals surface area contributed by atoms with E-state index < -0.39 is 0 Å². The van der Waals surface area contributed by atoms with E-state index in [1.54, 1.807) is 18.3 Å². The van der Waals surface area contributed by atoms with Crippen molar-refractivity contribution >= 4 is 34.6 Å². The number of aromatic nitrogens is 1. The predicted octanol–water partition coefficient (Wildman–Crippen LogP) is 4.46. The van der Waals surface area contributed by atoms with E-state index in [0.717, 1.165) is 29.3 Å². The molecule has 1 aliphatic rings. The van der Waals surface area contributed by atoms with Gasteiger partial charge in [0.2, 0.25) is 0 Å². The third kappa shape index (κ3) is 3.30. The Morgan fingerprint density at radius 2 is 2.04 bits per heavy atom. The fourth-order valence-corrected chi connectivity index (χ4v) is 3.56. The Hall–Kier alpha value is -2.59. The van der Waals surface area contributed by atoms with Gasteiger partial charge in [0.25, 0.3) is 5.91 Å². The largest absolute Gasteiger partial charge is 0.358 e. The molecule has 0 saturated carbocycles. The van der Waals surface area contributed by atoms with Crippen molar-refractivity contribution in [3.63, 3.8) is 0 Å². The molecule has 1 aliphatic carbocycles. The van der Waals surface area contributed by atoms with E-state index in [1.165, 1.54) is 24.1 Å². The molecular weight excluding hydrogens is 334 g/mol. The molecular formula is C20H18ClN3O. The minimum absolute atomic E-state index is 0.217. The van der Waals surface area contributed by atoms with Crippen molar-refractivity contribution in [1.29, 1.82) is 0 Å². The summed E-state index contributed by atoms with van der Waals surface area (Å²) in [5.74, 6) is -0.217. The summed E-state index contributed by atoms with van der Waals surface area (Å²) in [5, 5.41) is 5.81. The predicted molar refractivity (Wildman–Crippen MR) is 101 cm³/mol. The van der Waals surface area contributed by atoms with Crippen molar-refractivity contribution in [2.24, 2.45) is 5.10 Å². The molecule has 0 radical (unpaired) electrons. The lowest BCUT2D eigenvalue weighted by molar-refractivity contribution is 0.0955. The van der Waals surface area contributed by atoms with Gasteiger partial charge in [0.15, 0.2) is 0 Å². The lowest BCUT2D eigenvalue weighted by atomic mass is 9.95. The normalized spacial score (nSPS) is 14.0. The summed E-state index contributed by atoms with van der Waals surface area (Å²) >= 11 is 5.93. The Morgan fingerprint density at radius 3 is 2.92 bits per heavy atom. The fraction of sp³-hybridized carbons (Fsp3) is 0.200. The molecule has 0 atom stereocenters. The molecule has 1 aromatic heterocycles. The fourth-order valence-electron chi connectivity index (χ4n) is 3.36. The van der Waals surface area contributed by atoms with Crippen molar-refractivity contribution in [2.45, 2.75) is 25.7 Å². The summed E-state index contributed by atoms with van der Waals surface area (Å²) < 4.78 is 0. The maximum Gasteiger partial charge on any atom is 0.271 e. The Morgan fingerprint density at radius 1 is 1.16 bits per heavy atom. The lowest BCUT2D eigenvalue weighted by Crippen LogP contribution is -2.17. The number of benzene rings is 2. The summed E-state index contributed by atoms with van der Waals surface area (Å²) in [5.41, 5.74) is 7.81. The highest BCUT2D eigenvalue weighted by Gasteiger charge is 2.16. The first-order valence-electron chi connectivity index (χ1n) is 8.43. The van der Waals surface area contributed by atoms with Crippen molar-refractivity contribution < 1.29 is 4.79 Å². The van der Waals surface area contributed by atoms with Gasteiger partial charge in [-0.2, -0.15) is 5.10 Å². The van der Waals surface area contributed by atoms with E-state index in [2.05, 4.69) is 15.5 Å². The first kappa shape index (κ1) is 15.9. The number of hydrogen-bond donors (Lipinski definition) is 2. The number of amides is 1. The number of carbonyl (C=O) groups excluding carboxylic acids is 1. The smallest absolute Gasteiger partial charge is 0.271 e. The van der Waals surface area contributed by atoms with Crippen LogP contribution in [0.15, 0.2) is 47.6 Å². The van der Waals surface area contributed by atoms with Crippen molar-refractivity contribution in [2.75, 3.05) is 0 Å². The number of aryl methyl sites for hydroxylation is 2. The van der Waals surface area contributed by atoms with Gasteiger partial charge < -0.3 is 4.98 Å². The number of rotatable bonds is 3. The number of carbonyl (C=O) groups is 1. The average Bonchev–Trinajstić information content (AvgIpc) is 2.99. The van der Waals surface area contributed by atoms with E-state index in [9.17, 15) is 4.79 Å². The van der Waals surface area contributed by atoms with Crippen molar-refractivity contribution in [3.8, 4) is 0 Å². The number of halogens is 1. The SMILES string of the molecule is O=C(N/N=C\c1cccc(Cl)c1)c1ccc2[nH]c3c(c2c1)CCCC3. The van der Waals surface area contributed by atoms with Gasteiger partial charge in [0, 0.05) is 27.2 Å². The summed E-state index contributed by atoms with van der Waals surface area (Å²) in [4.78, 5) is 15.9. The molecule has 0 unspecified atom stereocenters. The van der Waals surface area contributed by atoms with Gasteiger partial charge in [-0.25, -0.2) is 5.43 Å². The van der Waals surface area contributed by atoms with Crippen molar-refractivity contribution in [1.82, 2.24) is 10.4 Å². The van der Waals surface area contributed by atoms with Crippen LogP contribution >= 0.6 is 11.6 Å². The van der Waals surface area contributed by atoms with Gasteiger partial charge in [-0.1, -0.05) is 23.7 Å². The van der Waals surface area contributed by atoms with Crippen LogP contribution in [0.1, 0.15) is 40.0 Å². The third-order valence-corrected chi connectivity index (χ3v) is 4.82. The zero-order chi connectivity index (χ0) is 17.2. The summed E-state index contributed by atoms with van der Waals surface area (Å²) in [6.07, 6.45) is 6.19. The highest BCUT2D eigenvalue weighted by Crippen LogP contribution is 2.29. The molecule has 3 aromatic rings. The van der Waals surface area contributed by atoms with Crippen LogP contribution in [0.4, 0.5) is 0 Å². The van der Waals surface area contributed by atoms with Gasteiger partial charge in [0.05, 0.1) is 6.21 Å². The van der Waals surface area contributed by atoms with Crippen molar-refractivity contribution in [3.05, 3.63) is 69.9 Å². The van der Waals surface area contributed by atoms with Gasteiger partial charge in [-0.05, 0) is 67.1 Å². The quantitative estimate of drug-likeness (QED) is 0.531. The second kappa shape index (κ2) is 6.73. The maximum atomic E-state index is 12.4. The summed E-state index contributed by atoms with van der Waals surface area (Å²) in [7, 11) is 0. The number of H-pyrrole nitrogens is 1. The Balaban J connectivity index is 1.53. The van der Waals surface area contributed by atoms with E-state index >= 15 is 0 Å². The van der Waals surface area contributed by atoms with E-state index in [4.69, 9.17) is 11.6 Å². The molecule has 0 aliphatic heterocycles. The standard InChI is InChI=1S/C20H18ClN3O/c21-15-5-3-4-13(10-15)12-22-24-20(25)14-8-9-19-17(11-14)16-6-1-2-7-18(16)23-19/h3-5,8-12,23H,1-2,6-7H2,(H,24,25)/b22-12-. The molecule has 2 N–H and O–H groups in total. The number of hydrazone groups is 1. The molecule has 2 aromatic carbocycles. The molecule has 0 bridgehead atoms. The lowest BCUT2D eigenvalue weighted by Gasteiger charge is -2.10. The minimum atomic E-state index is -0.217. The van der Waals surface area contributed by atoms with Gasteiger partial charge >= 0.3 is 0 Å². The molecule has 126 valence electrons. The number of nitrogens with zero attached hydrogens (tertiary/aromatic N) is 1. The van der Waals surface area contributed by atoms with E-state index in [-0.39, 0.29) is 5.91 Å². The maximum absolute atomic E-state index is 12.4. The number of fused-ring (bicyclic) bond motifs is 3. The summed E-state index contributed by atoms with van der Waals surface area (Å²) in [6, 6.07) is 13.1. The minimum Gasteiger partial charge on any atom is -0.358 e. The first-order chi connectivity index (χ1) is 12.2. The van der Waals surface area contributed by atoms with Crippen LogP contribution in [-0.2, 0) is 12.8 Å². The number of hydrogen-bond acceptors (Lipinski definition) is 2. The van der Waals surface area contributed by atoms with E-state index in [1.807, 2.05) is 30.3 Å². The zero-order valence-electron chi connectivity index (χ0n) is 13.7. The molecule has 0 saturated heterocycles. The third-order valence-electron chi connectivity index (χ3n) is 4.59. The van der Waals surface area contributed by atoms with Crippen LogP contribution in [0.5, 0.6) is 0 Å². The first-order valence-corrected chi connectivity index (χ1v) is 8.81. The summed E-state index contributed by atoms with van der Waals surface area (Å²) in [6.45, 7) is 0. The van der Waals surface area contributed by atoms with Crippen LogP contribution in [0.3, 0.4) is 0 Å². The number of aromatic amines is 1. The van der Waals surface area contributed by atoms with Crippen LogP contribution < -0.4 is 5.43 Å². The molecule has 4 nitrogen and oxygen atoms in total. The average molecular weight is 352 g/mol. The van der Waals surface area contributed by atoms with Gasteiger partial charge in [0.1, 0.15) is 0 Å². The Labute approximate surface area is 150 Å². The highest BCUT2D eigenvalue weighted by molar-refractivity contribution is 6.30. The monoisotopic (exact) mass is 351 g/mol. The molecule has 1 amide bonds. The van der Waals surface area contributed by atoms with E-state index in [0.29, 0.717) is 10.6 Å². The van der Waals surface area contributed by atoms with Crippen LogP contribution in [-0.4, -0.2) is 17.1 Å². The zero-order valence-corrected chi connectivity index (χ0v) is 14.4. The molecule has 5 heteroatoms. The van der Waals surface area contributed by atoms with Crippen LogP contribution in [0.2, 0.25) is 5.02 Å². The van der Waals surface area contributed by atoms with Gasteiger partial charge in [-0.15, -0.1) is 0 Å². The Bertz CT molecular complexity index is 974. The highest BCUT2D eigenvalue weighted by atomic mass is 35.5. The molecule has 1 heterocycles. The molecule has 25 heavy (non-hydrogen) atoms. The van der Waals surface area contributed by atoms with Gasteiger partial charge in [-0.3, -0.25) is 4.79 Å². The second-order valence-corrected chi connectivity index (χ2v) is 6.74.